The van der Waals surface area contributed by atoms with E-state index in [1.807, 2.05) is 12.1 Å². The number of nitrogens with one attached hydrogen (secondary N) is 3. The van der Waals surface area contributed by atoms with Crippen molar-refractivity contribution in [2.24, 2.45) is 0 Å². The Balaban J connectivity index is 1.64. The van der Waals surface area contributed by atoms with Gasteiger partial charge in [-0.2, -0.15) is 0 Å². The molecule has 0 aliphatic carbocycles. The first-order valence-electron chi connectivity index (χ1n) is 7.81. The predicted molar refractivity (Wildman–Crippen MR) is 94.0 cm³/mol. The van der Waals surface area contributed by atoms with Crippen molar-refractivity contribution in [3.05, 3.63) is 60.1 Å². The van der Waals surface area contributed by atoms with Crippen LogP contribution in [0.5, 0.6) is 5.75 Å². The summed E-state index contributed by atoms with van der Waals surface area (Å²) in [6.07, 6.45) is 4.39. The van der Waals surface area contributed by atoms with Crippen LogP contribution in [0, 0.1) is 0 Å². The Kier molecular flexibility index (Phi) is 6.99. The van der Waals surface area contributed by atoms with Gasteiger partial charge in [-0.1, -0.05) is 12.1 Å². The Bertz CT molecular complexity index is 767. The highest BCUT2D eigenvalue weighted by molar-refractivity contribution is 5.93. The highest BCUT2D eigenvalue weighted by Crippen LogP contribution is 2.12. The van der Waals surface area contributed by atoms with Gasteiger partial charge in [-0.15, -0.1) is 0 Å². The van der Waals surface area contributed by atoms with Crippen molar-refractivity contribution in [2.45, 2.75) is 6.42 Å². The minimum absolute atomic E-state index is 0.0144. The molecule has 0 atom stereocenters. The molecule has 0 saturated heterocycles. The zero-order chi connectivity index (χ0) is 18.8. The van der Waals surface area contributed by atoms with Gasteiger partial charge in [0.05, 0.1) is 13.4 Å². The largest absolute Gasteiger partial charge is 0.497 e. The SMILES string of the molecule is COc1ccc(/C=C/C(=O)NCCC(=O)NNC(=O)c2ccco2)cc1. The summed E-state index contributed by atoms with van der Waals surface area (Å²) in [5, 5.41) is 2.58. The average Bonchev–Trinajstić information content (AvgIpc) is 3.19. The van der Waals surface area contributed by atoms with Crippen LogP contribution >= 0.6 is 0 Å². The molecule has 0 saturated carbocycles. The van der Waals surface area contributed by atoms with Gasteiger partial charge in [-0.05, 0) is 35.9 Å². The molecular formula is C18H19N3O5. The molecule has 0 aliphatic rings. The second-order valence-electron chi connectivity index (χ2n) is 5.13. The maximum Gasteiger partial charge on any atom is 0.305 e. The Morgan fingerprint density at radius 3 is 2.54 bits per heavy atom. The fourth-order valence-electron chi connectivity index (χ4n) is 1.90. The summed E-state index contributed by atoms with van der Waals surface area (Å²) in [6, 6.07) is 10.2. The van der Waals surface area contributed by atoms with E-state index < -0.39 is 11.8 Å². The quantitative estimate of drug-likeness (QED) is 0.511. The Hall–Kier alpha value is -3.55. The zero-order valence-electron chi connectivity index (χ0n) is 14.2. The lowest BCUT2D eigenvalue weighted by molar-refractivity contribution is -0.122. The number of ether oxygens (including phenoxy) is 1. The molecule has 0 aliphatic heterocycles. The molecule has 0 spiro atoms. The number of methoxy groups -OCH3 is 1. The lowest BCUT2D eigenvalue weighted by Gasteiger charge is -2.06. The Morgan fingerprint density at radius 2 is 1.88 bits per heavy atom. The zero-order valence-corrected chi connectivity index (χ0v) is 14.2. The maximum absolute atomic E-state index is 11.7. The Morgan fingerprint density at radius 1 is 1.12 bits per heavy atom. The van der Waals surface area contributed by atoms with E-state index in [1.54, 1.807) is 31.4 Å². The molecule has 0 radical (unpaired) electrons. The standard InChI is InChI=1S/C18H19N3O5/c1-25-14-7-4-13(5-8-14)6-9-16(22)19-11-10-17(23)20-21-18(24)15-3-2-12-26-15/h2-9,12H,10-11H2,1H3,(H,19,22)(H,20,23)(H,21,24)/b9-6+. The molecule has 2 aromatic rings. The molecule has 8 heteroatoms. The highest BCUT2D eigenvalue weighted by Gasteiger charge is 2.09. The smallest absolute Gasteiger partial charge is 0.305 e. The number of hydrazine groups is 1. The molecule has 8 nitrogen and oxygen atoms in total. The van der Waals surface area contributed by atoms with Gasteiger partial charge in [-0.3, -0.25) is 25.2 Å². The van der Waals surface area contributed by atoms with Crippen LogP contribution in [0.2, 0.25) is 0 Å². The summed E-state index contributed by atoms with van der Waals surface area (Å²) in [7, 11) is 1.58. The van der Waals surface area contributed by atoms with Gasteiger partial charge >= 0.3 is 5.91 Å². The first-order chi connectivity index (χ1) is 12.6. The highest BCUT2D eigenvalue weighted by atomic mass is 16.5. The summed E-state index contributed by atoms with van der Waals surface area (Å²) in [5.41, 5.74) is 5.29. The summed E-state index contributed by atoms with van der Waals surface area (Å²) in [4.78, 5) is 34.9. The number of carbonyl (C=O) groups is 3. The minimum atomic E-state index is -0.560. The van der Waals surface area contributed by atoms with Crippen LogP contribution in [0.15, 0.2) is 53.2 Å². The van der Waals surface area contributed by atoms with E-state index in [-0.39, 0.29) is 24.6 Å². The van der Waals surface area contributed by atoms with E-state index >= 15 is 0 Å². The van der Waals surface area contributed by atoms with Crippen LogP contribution in [0.25, 0.3) is 6.08 Å². The van der Waals surface area contributed by atoms with Crippen LogP contribution in [0.3, 0.4) is 0 Å². The molecular weight excluding hydrogens is 338 g/mol. The number of rotatable bonds is 7. The van der Waals surface area contributed by atoms with Crippen molar-refractivity contribution in [1.29, 1.82) is 0 Å². The van der Waals surface area contributed by atoms with Crippen LogP contribution in [-0.4, -0.2) is 31.4 Å². The third-order valence-electron chi connectivity index (χ3n) is 3.25. The number of carbonyl (C=O) groups excluding carboxylic acids is 3. The number of benzene rings is 1. The van der Waals surface area contributed by atoms with E-state index in [4.69, 9.17) is 9.15 Å². The Labute approximate surface area is 150 Å². The molecule has 1 heterocycles. The monoisotopic (exact) mass is 357 g/mol. The first kappa shape index (κ1) is 18.8. The van der Waals surface area contributed by atoms with Crippen molar-refractivity contribution in [1.82, 2.24) is 16.2 Å². The van der Waals surface area contributed by atoms with Gasteiger partial charge in [0, 0.05) is 19.0 Å². The molecule has 1 aromatic carbocycles. The van der Waals surface area contributed by atoms with Crippen LogP contribution in [-0.2, 0) is 9.59 Å². The predicted octanol–water partition coefficient (Wildman–Crippen LogP) is 1.27. The van der Waals surface area contributed by atoms with Gasteiger partial charge in [0.2, 0.25) is 11.8 Å². The second kappa shape index (κ2) is 9.67. The molecule has 26 heavy (non-hydrogen) atoms. The number of hydrogen-bond donors (Lipinski definition) is 3. The number of hydrogen-bond acceptors (Lipinski definition) is 5. The van der Waals surface area contributed by atoms with Crippen LogP contribution in [0.4, 0.5) is 0 Å². The number of furan rings is 1. The van der Waals surface area contributed by atoms with E-state index in [0.29, 0.717) is 0 Å². The molecule has 136 valence electrons. The van der Waals surface area contributed by atoms with Crippen LogP contribution < -0.4 is 20.9 Å². The van der Waals surface area contributed by atoms with Gasteiger partial charge in [-0.25, -0.2) is 0 Å². The summed E-state index contributed by atoms with van der Waals surface area (Å²) in [6.45, 7) is 0.133. The first-order valence-corrected chi connectivity index (χ1v) is 7.81. The molecule has 3 N–H and O–H groups in total. The number of amides is 3. The van der Waals surface area contributed by atoms with Gasteiger partial charge in [0.15, 0.2) is 5.76 Å². The molecule has 0 unspecified atom stereocenters. The fraction of sp³-hybridized carbons (Fsp3) is 0.167. The summed E-state index contributed by atoms with van der Waals surface area (Å²) in [5.74, 6) is -0.508. The van der Waals surface area contributed by atoms with Crippen molar-refractivity contribution >= 4 is 23.8 Å². The van der Waals surface area contributed by atoms with Crippen molar-refractivity contribution < 1.29 is 23.5 Å². The normalized spacial score (nSPS) is 10.3. The second-order valence-corrected chi connectivity index (χ2v) is 5.13. The molecule has 1 aromatic heterocycles. The molecule has 3 amide bonds. The van der Waals surface area contributed by atoms with Gasteiger partial charge in [0.25, 0.3) is 0 Å². The van der Waals surface area contributed by atoms with E-state index in [0.717, 1.165) is 11.3 Å². The lowest BCUT2D eigenvalue weighted by atomic mass is 10.2. The maximum atomic E-state index is 11.7. The summed E-state index contributed by atoms with van der Waals surface area (Å²) >= 11 is 0. The van der Waals surface area contributed by atoms with Gasteiger partial charge < -0.3 is 14.5 Å². The fourth-order valence-corrected chi connectivity index (χ4v) is 1.90. The van der Waals surface area contributed by atoms with E-state index in [1.165, 1.54) is 18.4 Å². The van der Waals surface area contributed by atoms with E-state index in [9.17, 15) is 14.4 Å². The van der Waals surface area contributed by atoms with Crippen molar-refractivity contribution in [3.8, 4) is 5.75 Å². The molecule has 0 fully saturated rings. The van der Waals surface area contributed by atoms with Crippen molar-refractivity contribution in [3.63, 3.8) is 0 Å². The van der Waals surface area contributed by atoms with Crippen LogP contribution in [0.1, 0.15) is 22.5 Å². The van der Waals surface area contributed by atoms with Crippen molar-refractivity contribution in [2.75, 3.05) is 13.7 Å². The van der Waals surface area contributed by atoms with E-state index in [2.05, 4.69) is 16.2 Å². The molecule has 0 bridgehead atoms. The van der Waals surface area contributed by atoms with Gasteiger partial charge in [0.1, 0.15) is 5.75 Å². The minimum Gasteiger partial charge on any atom is -0.497 e. The third-order valence-corrected chi connectivity index (χ3v) is 3.25. The third kappa shape index (κ3) is 6.16. The summed E-state index contributed by atoms with van der Waals surface area (Å²) < 4.78 is 9.93. The lowest BCUT2D eigenvalue weighted by Crippen LogP contribution is -2.42. The topological polar surface area (TPSA) is 110 Å². The molecule has 2 rings (SSSR count). The average molecular weight is 357 g/mol.